The lowest BCUT2D eigenvalue weighted by Gasteiger charge is -2.12. The molecule has 21 heavy (non-hydrogen) atoms. The highest BCUT2D eigenvalue weighted by Crippen LogP contribution is 2.20. The maximum Gasteiger partial charge on any atom is 0.257 e. The minimum absolute atomic E-state index is 0.255. The highest BCUT2D eigenvalue weighted by Gasteiger charge is 2.12. The lowest BCUT2D eigenvalue weighted by Crippen LogP contribution is -2.15. The van der Waals surface area contributed by atoms with Crippen molar-refractivity contribution in [3.63, 3.8) is 0 Å². The normalized spacial score (nSPS) is 10.3. The molecule has 0 saturated heterocycles. The molecule has 0 unspecified atom stereocenters. The van der Waals surface area contributed by atoms with Crippen LogP contribution in [0.25, 0.3) is 0 Å². The second-order valence-electron chi connectivity index (χ2n) is 5.00. The second kappa shape index (κ2) is 6.39. The fraction of sp³-hybridized carbons (Fsp3) is 0.235. The highest BCUT2D eigenvalue weighted by atomic mass is 19.1. The van der Waals surface area contributed by atoms with Crippen LogP contribution in [0.15, 0.2) is 36.4 Å². The number of hydrogen-bond donors (Lipinski definition) is 2. The van der Waals surface area contributed by atoms with Crippen molar-refractivity contribution in [2.24, 2.45) is 0 Å². The standard InChI is InChI=1S/C17H19FN2O/c1-4-19-16-9-11(2)5-8-14(16)17(21)20-13-7-6-12(3)15(18)10-13/h5-10,19H,4H2,1-3H3,(H,20,21). The first-order chi connectivity index (χ1) is 10.0. The Balaban J connectivity index is 2.25. The Bertz CT molecular complexity index is 668. The summed E-state index contributed by atoms with van der Waals surface area (Å²) in [7, 11) is 0. The molecule has 2 aromatic rings. The van der Waals surface area contributed by atoms with Crippen molar-refractivity contribution in [1.29, 1.82) is 0 Å². The zero-order chi connectivity index (χ0) is 15.4. The van der Waals surface area contributed by atoms with E-state index in [4.69, 9.17) is 0 Å². The lowest BCUT2D eigenvalue weighted by atomic mass is 10.1. The molecule has 0 atom stereocenters. The van der Waals surface area contributed by atoms with E-state index in [2.05, 4.69) is 10.6 Å². The molecule has 1 amide bonds. The number of nitrogens with one attached hydrogen (secondary N) is 2. The SMILES string of the molecule is CCNc1cc(C)ccc1C(=O)Nc1ccc(C)c(F)c1. The molecule has 2 N–H and O–H groups in total. The fourth-order valence-electron chi connectivity index (χ4n) is 2.06. The van der Waals surface area contributed by atoms with Gasteiger partial charge in [-0.25, -0.2) is 4.39 Å². The summed E-state index contributed by atoms with van der Waals surface area (Å²) >= 11 is 0. The number of anilines is 2. The fourth-order valence-corrected chi connectivity index (χ4v) is 2.06. The summed E-state index contributed by atoms with van der Waals surface area (Å²) in [5.41, 5.74) is 3.40. The number of carbonyl (C=O) groups is 1. The summed E-state index contributed by atoms with van der Waals surface area (Å²) in [5.74, 6) is -0.585. The lowest BCUT2D eigenvalue weighted by molar-refractivity contribution is 0.102. The largest absolute Gasteiger partial charge is 0.385 e. The molecule has 4 heteroatoms. The van der Waals surface area contributed by atoms with E-state index in [-0.39, 0.29) is 11.7 Å². The van der Waals surface area contributed by atoms with Crippen LogP contribution in [0.5, 0.6) is 0 Å². The minimum Gasteiger partial charge on any atom is -0.385 e. The van der Waals surface area contributed by atoms with Crippen molar-refractivity contribution in [2.45, 2.75) is 20.8 Å². The third-order valence-electron chi connectivity index (χ3n) is 3.22. The average molecular weight is 286 g/mol. The highest BCUT2D eigenvalue weighted by molar-refractivity contribution is 6.08. The zero-order valence-electron chi connectivity index (χ0n) is 12.5. The van der Waals surface area contributed by atoms with Crippen LogP contribution < -0.4 is 10.6 Å². The number of carbonyl (C=O) groups excluding carboxylic acids is 1. The minimum atomic E-state index is -0.330. The molecule has 0 radical (unpaired) electrons. The van der Waals surface area contributed by atoms with Gasteiger partial charge >= 0.3 is 0 Å². The van der Waals surface area contributed by atoms with E-state index in [0.717, 1.165) is 17.8 Å². The Morgan fingerprint density at radius 3 is 2.57 bits per heavy atom. The van der Waals surface area contributed by atoms with Crippen molar-refractivity contribution < 1.29 is 9.18 Å². The molecule has 0 saturated carbocycles. The molecule has 110 valence electrons. The smallest absolute Gasteiger partial charge is 0.257 e. The molecule has 0 spiro atoms. The van der Waals surface area contributed by atoms with E-state index in [1.165, 1.54) is 6.07 Å². The van der Waals surface area contributed by atoms with Crippen LogP contribution in [0.1, 0.15) is 28.4 Å². The number of aryl methyl sites for hydroxylation is 2. The molecule has 0 aliphatic heterocycles. The van der Waals surface area contributed by atoms with Gasteiger partial charge in [0.1, 0.15) is 5.82 Å². The number of halogens is 1. The van der Waals surface area contributed by atoms with Gasteiger partial charge in [0.25, 0.3) is 5.91 Å². The summed E-state index contributed by atoms with van der Waals surface area (Å²) in [6.07, 6.45) is 0. The average Bonchev–Trinajstić information content (AvgIpc) is 2.43. The first-order valence-electron chi connectivity index (χ1n) is 6.93. The zero-order valence-corrected chi connectivity index (χ0v) is 12.5. The van der Waals surface area contributed by atoms with Gasteiger partial charge in [-0.15, -0.1) is 0 Å². The molecular weight excluding hydrogens is 267 g/mol. The summed E-state index contributed by atoms with van der Waals surface area (Å²) in [5, 5.41) is 5.89. The molecule has 0 aliphatic carbocycles. The van der Waals surface area contributed by atoms with Gasteiger partial charge in [0.2, 0.25) is 0 Å². The Labute approximate surface area is 124 Å². The van der Waals surface area contributed by atoms with Gasteiger partial charge in [0.15, 0.2) is 0 Å². The summed E-state index contributed by atoms with van der Waals surface area (Å²) in [4.78, 5) is 12.3. The Kier molecular flexibility index (Phi) is 4.58. The Hall–Kier alpha value is -2.36. The monoisotopic (exact) mass is 286 g/mol. The summed E-state index contributed by atoms with van der Waals surface area (Å²) < 4.78 is 13.5. The van der Waals surface area contributed by atoms with Crippen molar-refractivity contribution in [1.82, 2.24) is 0 Å². The van der Waals surface area contributed by atoms with E-state index < -0.39 is 0 Å². The molecule has 3 nitrogen and oxygen atoms in total. The third kappa shape index (κ3) is 3.60. The van der Waals surface area contributed by atoms with E-state index in [0.29, 0.717) is 16.8 Å². The molecule has 0 aromatic heterocycles. The predicted octanol–water partition coefficient (Wildman–Crippen LogP) is 4.13. The van der Waals surface area contributed by atoms with E-state index >= 15 is 0 Å². The maximum absolute atomic E-state index is 13.5. The van der Waals surface area contributed by atoms with Gasteiger partial charge in [-0.2, -0.15) is 0 Å². The van der Waals surface area contributed by atoms with E-state index in [1.807, 2.05) is 26.0 Å². The van der Waals surface area contributed by atoms with Gasteiger partial charge in [0.05, 0.1) is 5.56 Å². The van der Waals surface area contributed by atoms with Crippen LogP contribution in [0.2, 0.25) is 0 Å². The third-order valence-corrected chi connectivity index (χ3v) is 3.22. The van der Waals surface area contributed by atoms with Crippen molar-refractivity contribution in [3.8, 4) is 0 Å². The Morgan fingerprint density at radius 1 is 1.14 bits per heavy atom. The number of rotatable bonds is 4. The van der Waals surface area contributed by atoms with Crippen LogP contribution in [0.3, 0.4) is 0 Å². The molecule has 0 heterocycles. The quantitative estimate of drug-likeness (QED) is 0.887. The van der Waals surface area contributed by atoms with E-state index in [9.17, 15) is 9.18 Å². The van der Waals surface area contributed by atoms with Crippen molar-refractivity contribution in [2.75, 3.05) is 17.2 Å². The van der Waals surface area contributed by atoms with Gasteiger partial charge in [-0.05, 0) is 56.2 Å². The summed E-state index contributed by atoms with van der Waals surface area (Å²) in [6.45, 7) is 6.35. The maximum atomic E-state index is 13.5. The van der Waals surface area contributed by atoms with Crippen LogP contribution in [-0.2, 0) is 0 Å². The molecule has 0 fully saturated rings. The number of benzene rings is 2. The van der Waals surface area contributed by atoms with Crippen molar-refractivity contribution >= 4 is 17.3 Å². The first-order valence-corrected chi connectivity index (χ1v) is 6.93. The molecule has 0 bridgehead atoms. The molecule has 0 aliphatic rings. The van der Waals surface area contributed by atoms with Crippen LogP contribution in [0, 0.1) is 19.7 Å². The number of amides is 1. The van der Waals surface area contributed by atoms with Gasteiger partial charge in [-0.1, -0.05) is 12.1 Å². The van der Waals surface area contributed by atoms with Crippen LogP contribution >= 0.6 is 0 Å². The molecule has 2 aromatic carbocycles. The van der Waals surface area contributed by atoms with Gasteiger partial charge < -0.3 is 10.6 Å². The van der Waals surface area contributed by atoms with Crippen LogP contribution in [-0.4, -0.2) is 12.5 Å². The summed E-state index contributed by atoms with van der Waals surface area (Å²) in [6, 6.07) is 10.2. The predicted molar refractivity (Wildman–Crippen MR) is 84.4 cm³/mol. The number of hydrogen-bond acceptors (Lipinski definition) is 2. The Morgan fingerprint density at radius 2 is 1.90 bits per heavy atom. The topological polar surface area (TPSA) is 41.1 Å². The van der Waals surface area contributed by atoms with Crippen LogP contribution in [0.4, 0.5) is 15.8 Å². The molecular formula is C17H19FN2O. The van der Waals surface area contributed by atoms with Gasteiger partial charge in [-0.3, -0.25) is 4.79 Å². The van der Waals surface area contributed by atoms with Gasteiger partial charge in [0, 0.05) is 17.9 Å². The van der Waals surface area contributed by atoms with Crippen molar-refractivity contribution in [3.05, 3.63) is 58.9 Å². The first kappa shape index (κ1) is 15.0. The molecule has 2 rings (SSSR count). The second-order valence-corrected chi connectivity index (χ2v) is 5.00. The van der Waals surface area contributed by atoms with E-state index in [1.54, 1.807) is 25.1 Å².